The van der Waals surface area contributed by atoms with Gasteiger partial charge in [0.05, 0.1) is 11.2 Å². The van der Waals surface area contributed by atoms with Crippen LogP contribution in [0.1, 0.15) is 0 Å². The molecule has 10 heavy (non-hydrogen) atoms. The van der Waals surface area contributed by atoms with Crippen molar-refractivity contribution in [1.29, 1.82) is 0 Å². The van der Waals surface area contributed by atoms with Crippen LogP contribution in [0, 0.1) is 2.88 Å². The minimum absolute atomic E-state index is 0.887. The van der Waals surface area contributed by atoms with Crippen molar-refractivity contribution in [2.45, 2.75) is 0 Å². The van der Waals surface area contributed by atoms with E-state index in [1.54, 1.807) is 22.7 Å². The highest BCUT2D eigenvalue weighted by Gasteiger charge is 2.02. The molecule has 0 saturated heterocycles. The summed E-state index contributed by atoms with van der Waals surface area (Å²) < 4.78 is 3.54. The lowest BCUT2D eigenvalue weighted by molar-refractivity contribution is 2.03. The summed E-state index contributed by atoms with van der Waals surface area (Å²) in [4.78, 5) is 0. The van der Waals surface area contributed by atoms with E-state index in [1.807, 2.05) is 6.07 Å². The van der Waals surface area contributed by atoms with E-state index in [4.69, 9.17) is 11.6 Å². The molecule has 2 rings (SSSR count). The van der Waals surface area contributed by atoms with Crippen LogP contribution in [0.5, 0.6) is 0 Å². The van der Waals surface area contributed by atoms with Gasteiger partial charge in [0.1, 0.15) is 0 Å². The van der Waals surface area contributed by atoms with E-state index in [0.29, 0.717) is 0 Å². The minimum atomic E-state index is 0.887. The molecule has 0 aliphatic rings. The standard InChI is InChI=1S/C6H2ClIS2/c7-4-1-3-2-5(8)10-6(3)9-4/h1-2H. The Labute approximate surface area is 85.0 Å². The molecule has 4 heteroatoms. The highest BCUT2D eigenvalue weighted by atomic mass is 127. The zero-order chi connectivity index (χ0) is 7.14. The van der Waals surface area contributed by atoms with Gasteiger partial charge in [0.2, 0.25) is 0 Å². The van der Waals surface area contributed by atoms with Crippen molar-refractivity contribution in [2.24, 2.45) is 0 Å². The first-order valence-electron chi connectivity index (χ1n) is 2.60. The monoisotopic (exact) mass is 300 g/mol. The van der Waals surface area contributed by atoms with Crippen molar-refractivity contribution in [1.82, 2.24) is 0 Å². The summed E-state index contributed by atoms with van der Waals surface area (Å²) in [6.45, 7) is 0. The van der Waals surface area contributed by atoms with Crippen molar-refractivity contribution in [2.75, 3.05) is 0 Å². The van der Waals surface area contributed by atoms with E-state index in [0.717, 1.165) is 4.34 Å². The van der Waals surface area contributed by atoms with Gasteiger partial charge in [-0.2, -0.15) is 0 Å². The van der Waals surface area contributed by atoms with E-state index < -0.39 is 0 Å². The van der Waals surface area contributed by atoms with Gasteiger partial charge in [-0.3, -0.25) is 0 Å². The molecule has 2 aromatic heterocycles. The van der Waals surface area contributed by atoms with E-state index >= 15 is 0 Å². The Hall–Kier alpha value is 0.680. The maximum absolute atomic E-state index is 5.80. The fraction of sp³-hybridized carbons (Fsp3) is 0. The van der Waals surface area contributed by atoms with Crippen LogP contribution in [0.25, 0.3) is 9.40 Å². The van der Waals surface area contributed by atoms with Crippen LogP contribution in [0.4, 0.5) is 0 Å². The van der Waals surface area contributed by atoms with Crippen LogP contribution in [-0.4, -0.2) is 0 Å². The van der Waals surface area contributed by atoms with Gasteiger partial charge in [-0.15, -0.1) is 22.7 Å². The molecule has 0 atom stereocenters. The topological polar surface area (TPSA) is 0 Å². The van der Waals surface area contributed by atoms with Crippen LogP contribution >= 0.6 is 56.9 Å². The molecule has 52 valence electrons. The predicted octanol–water partition coefficient (Wildman–Crippen LogP) is 4.22. The second kappa shape index (κ2) is 2.62. The SMILES string of the molecule is Clc1cc2cc(I)sc2s1. The summed E-state index contributed by atoms with van der Waals surface area (Å²) in [5.74, 6) is 0. The summed E-state index contributed by atoms with van der Waals surface area (Å²) >= 11 is 11.6. The molecule has 0 aromatic carbocycles. The van der Waals surface area contributed by atoms with E-state index in [2.05, 4.69) is 28.7 Å². The summed E-state index contributed by atoms with van der Waals surface area (Å²) in [5, 5.41) is 1.28. The molecule has 0 bridgehead atoms. The Morgan fingerprint density at radius 2 is 2.10 bits per heavy atom. The third-order valence-corrected chi connectivity index (χ3v) is 4.43. The molecule has 0 nitrogen and oxygen atoms in total. The van der Waals surface area contributed by atoms with Gasteiger partial charge in [-0.25, -0.2) is 0 Å². The number of hydrogen-bond donors (Lipinski definition) is 0. The largest absolute Gasteiger partial charge is 0.118 e. The quantitative estimate of drug-likeness (QED) is 0.639. The van der Waals surface area contributed by atoms with Gasteiger partial charge >= 0.3 is 0 Å². The number of thiophene rings is 2. The van der Waals surface area contributed by atoms with Gasteiger partial charge in [-0.1, -0.05) is 11.6 Å². The maximum Gasteiger partial charge on any atom is 0.0949 e. The first kappa shape index (κ1) is 7.34. The first-order chi connectivity index (χ1) is 4.75. The lowest BCUT2D eigenvalue weighted by Gasteiger charge is -1.71. The van der Waals surface area contributed by atoms with Gasteiger partial charge in [0.15, 0.2) is 0 Å². The number of fused-ring (bicyclic) bond motifs is 1. The van der Waals surface area contributed by atoms with Gasteiger partial charge in [-0.05, 0) is 34.7 Å². The zero-order valence-corrected chi connectivity index (χ0v) is 9.27. The van der Waals surface area contributed by atoms with Crippen molar-refractivity contribution >= 4 is 66.3 Å². The third kappa shape index (κ3) is 1.20. The molecule has 0 fully saturated rings. The number of halogens is 2. The summed E-state index contributed by atoms with van der Waals surface area (Å²) in [7, 11) is 0. The Morgan fingerprint density at radius 1 is 1.30 bits per heavy atom. The summed E-state index contributed by atoms with van der Waals surface area (Å²) in [6, 6.07) is 4.17. The molecule has 0 amide bonds. The molecule has 0 saturated carbocycles. The summed E-state index contributed by atoms with van der Waals surface area (Å²) in [5.41, 5.74) is 0. The van der Waals surface area contributed by atoms with Crippen molar-refractivity contribution in [3.05, 3.63) is 19.4 Å². The highest BCUT2D eigenvalue weighted by Crippen LogP contribution is 2.36. The lowest BCUT2D eigenvalue weighted by atomic mass is 10.4. The average molecular weight is 301 g/mol. The van der Waals surface area contributed by atoms with Crippen LogP contribution < -0.4 is 0 Å². The Bertz CT molecular complexity index is 300. The average Bonchev–Trinajstić information content (AvgIpc) is 2.21. The second-order valence-electron chi connectivity index (χ2n) is 1.84. The first-order valence-corrected chi connectivity index (χ1v) is 5.69. The number of rotatable bonds is 0. The van der Waals surface area contributed by atoms with Crippen molar-refractivity contribution < 1.29 is 0 Å². The van der Waals surface area contributed by atoms with E-state index in [9.17, 15) is 0 Å². The Balaban J connectivity index is 2.83. The van der Waals surface area contributed by atoms with Crippen LogP contribution in [0.2, 0.25) is 4.34 Å². The van der Waals surface area contributed by atoms with E-state index in [-0.39, 0.29) is 0 Å². The van der Waals surface area contributed by atoms with Crippen molar-refractivity contribution in [3.63, 3.8) is 0 Å². The van der Waals surface area contributed by atoms with Crippen LogP contribution in [0.15, 0.2) is 12.1 Å². The molecule has 0 aliphatic heterocycles. The molecule has 0 spiro atoms. The Morgan fingerprint density at radius 3 is 2.80 bits per heavy atom. The lowest BCUT2D eigenvalue weighted by Crippen LogP contribution is -1.46. The highest BCUT2D eigenvalue weighted by molar-refractivity contribution is 14.1. The molecule has 0 N–H and O–H groups in total. The van der Waals surface area contributed by atoms with Crippen LogP contribution in [-0.2, 0) is 0 Å². The number of hydrogen-bond acceptors (Lipinski definition) is 2. The van der Waals surface area contributed by atoms with Gasteiger partial charge < -0.3 is 0 Å². The van der Waals surface area contributed by atoms with Gasteiger partial charge in [0, 0.05) is 5.39 Å². The fourth-order valence-corrected chi connectivity index (χ4v) is 4.61. The minimum Gasteiger partial charge on any atom is -0.118 e. The van der Waals surface area contributed by atoms with Crippen molar-refractivity contribution in [3.8, 4) is 0 Å². The third-order valence-electron chi connectivity index (χ3n) is 1.15. The molecule has 2 heterocycles. The van der Waals surface area contributed by atoms with Crippen LogP contribution in [0.3, 0.4) is 0 Å². The molecule has 2 aromatic rings. The Kier molecular flexibility index (Phi) is 1.92. The summed E-state index contributed by atoms with van der Waals surface area (Å²) in [6.07, 6.45) is 0. The molecular formula is C6H2ClIS2. The van der Waals surface area contributed by atoms with Gasteiger partial charge in [0.25, 0.3) is 0 Å². The maximum atomic E-state index is 5.80. The zero-order valence-electron chi connectivity index (χ0n) is 4.73. The molecule has 0 unspecified atom stereocenters. The molecule has 0 radical (unpaired) electrons. The smallest absolute Gasteiger partial charge is 0.0949 e. The molecular weight excluding hydrogens is 299 g/mol. The normalized spacial score (nSPS) is 11.0. The fourth-order valence-electron chi connectivity index (χ4n) is 0.779. The second-order valence-corrected chi connectivity index (χ2v) is 6.73. The molecule has 0 aliphatic carbocycles. The predicted molar refractivity (Wildman–Crippen MR) is 57.4 cm³/mol. The van der Waals surface area contributed by atoms with E-state index in [1.165, 1.54) is 12.3 Å².